The van der Waals surface area contributed by atoms with Gasteiger partial charge in [-0.2, -0.15) is 5.10 Å². The Morgan fingerprint density at radius 2 is 2.15 bits per heavy atom. The van der Waals surface area contributed by atoms with Crippen molar-refractivity contribution in [2.24, 2.45) is 5.92 Å². The Kier molecular flexibility index (Phi) is 5.59. The molecule has 112 valence electrons. The maximum absolute atomic E-state index is 12.0. The monoisotopic (exact) mass is 280 g/mol. The normalized spacial score (nSPS) is 16.6. The van der Waals surface area contributed by atoms with E-state index < -0.39 is 0 Å². The van der Waals surface area contributed by atoms with Gasteiger partial charge < -0.3 is 9.47 Å². The van der Waals surface area contributed by atoms with Crippen molar-refractivity contribution in [2.75, 3.05) is 19.8 Å². The third-order valence-electron chi connectivity index (χ3n) is 3.93. The largest absolute Gasteiger partial charge is 0.461 e. The summed E-state index contributed by atoms with van der Waals surface area (Å²) >= 11 is 0. The van der Waals surface area contributed by atoms with Crippen LogP contribution in [0.15, 0.2) is 12.3 Å². The molecule has 0 saturated carbocycles. The molecule has 1 saturated heterocycles. The second-order valence-electron chi connectivity index (χ2n) is 5.31. The maximum atomic E-state index is 12.0. The SMILES string of the molecule is CCC(CC)n1ccc(C(=O)OCC2CCOCC2)n1. The third-order valence-corrected chi connectivity index (χ3v) is 3.93. The highest BCUT2D eigenvalue weighted by molar-refractivity contribution is 5.87. The van der Waals surface area contributed by atoms with E-state index >= 15 is 0 Å². The summed E-state index contributed by atoms with van der Waals surface area (Å²) in [5, 5.41) is 4.33. The first kappa shape index (κ1) is 15.0. The summed E-state index contributed by atoms with van der Waals surface area (Å²) in [5.74, 6) is 0.106. The second kappa shape index (κ2) is 7.43. The first-order valence-electron chi connectivity index (χ1n) is 7.54. The van der Waals surface area contributed by atoms with Crippen molar-refractivity contribution < 1.29 is 14.3 Å². The van der Waals surface area contributed by atoms with E-state index in [0.29, 0.717) is 24.3 Å². The molecule has 1 aromatic heterocycles. The van der Waals surface area contributed by atoms with Crippen LogP contribution in [0.4, 0.5) is 0 Å². The predicted octanol–water partition coefficient (Wildman–Crippen LogP) is 2.83. The standard InChI is InChI=1S/C15H24N2O3/c1-3-13(4-2)17-8-5-14(16-17)15(18)20-11-12-6-9-19-10-7-12/h5,8,12-13H,3-4,6-7,9-11H2,1-2H3. The van der Waals surface area contributed by atoms with Gasteiger partial charge in [-0.25, -0.2) is 4.79 Å². The summed E-state index contributed by atoms with van der Waals surface area (Å²) in [6.45, 7) is 6.26. The van der Waals surface area contributed by atoms with Gasteiger partial charge in [-0.3, -0.25) is 4.68 Å². The molecule has 2 heterocycles. The van der Waals surface area contributed by atoms with E-state index in [2.05, 4.69) is 18.9 Å². The molecule has 1 aliphatic rings. The molecule has 0 N–H and O–H groups in total. The Morgan fingerprint density at radius 1 is 1.45 bits per heavy atom. The summed E-state index contributed by atoms with van der Waals surface area (Å²) < 4.78 is 12.5. The molecular formula is C15H24N2O3. The van der Waals surface area contributed by atoms with Gasteiger partial charge in [0.1, 0.15) is 0 Å². The van der Waals surface area contributed by atoms with Gasteiger partial charge >= 0.3 is 5.97 Å². The van der Waals surface area contributed by atoms with Crippen LogP contribution in [-0.4, -0.2) is 35.6 Å². The van der Waals surface area contributed by atoms with Crippen molar-refractivity contribution in [1.82, 2.24) is 9.78 Å². The molecule has 1 aliphatic heterocycles. The highest BCUT2D eigenvalue weighted by atomic mass is 16.5. The first-order chi connectivity index (χ1) is 9.74. The summed E-state index contributed by atoms with van der Waals surface area (Å²) in [4.78, 5) is 12.0. The minimum atomic E-state index is -0.318. The van der Waals surface area contributed by atoms with Crippen LogP contribution in [0.3, 0.4) is 0 Å². The molecule has 5 nitrogen and oxygen atoms in total. The minimum absolute atomic E-state index is 0.318. The van der Waals surface area contributed by atoms with Crippen LogP contribution in [0.25, 0.3) is 0 Å². The summed E-state index contributed by atoms with van der Waals surface area (Å²) in [5.41, 5.74) is 0.406. The van der Waals surface area contributed by atoms with E-state index in [1.165, 1.54) is 0 Å². The van der Waals surface area contributed by atoms with Gasteiger partial charge in [-0.1, -0.05) is 13.8 Å². The molecule has 0 amide bonds. The van der Waals surface area contributed by atoms with E-state index in [1.807, 2.05) is 10.9 Å². The average molecular weight is 280 g/mol. The zero-order chi connectivity index (χ0) is 14.4. The molecule has 0 radical (unpaired) electrons. The van der Waals surface area contributed by atoms with E-state index in [9.17, 15) is 4.79 Å². The van der Waals surface area contributed by atoms with Crippen LogP contribution in [0, 0.1) is 5.92 Å². The Morgan fingerprint density at radius 3 is 2.80 bits per heavy atom. The summed E-state index contributed by atoms with van der Waals surface area (Å²) in [7, 11) is 0. The van der Waals surface area contributed by atoms with Gasteiger partial charge in [0, 0.05) is 19.4 Å². The summed E-state index contributed by atoms with van der Waals surface area (Å²) in [6, 6.07) is 2.09. The zero-order valence-electron chi connectivity index (χ0n) is 12.4. The lowest BCUT2D eigenvalue weighted by Gasteiger charge is -2.21. The highest BCUT2D eigenvalue weighted by Gasteiger charge is 2.18. The fourth-order valence-corrected chi connectivity index (χ4v) is 2.49. The average Bonchev–Trinajstić information content (AvgIpc) is 2.97. The van der Waals surface area contributed by atoms with Gasteiger partial charge in [0.05, 0.1) is 12.6 Å². The lowest BCUT2D eigenvalue weighted by molar-refractivity contribution is 0.0180. The molecule has 5 heteroatoms. The van der Waals surface area contributed by atoms with Gasteiger partial charge in [-0.15, -0.1) is 0 Å². The number of carbonyl (C=O) groups is 1. The Hall–Kier alpha value is -1.36. The van der Waals surface area contributed by atoms with E-state index in [-0.39, 0.29) is 5.97 Å². The number of hydrogen-bond donors (Lipinski definition) is 0. The smallest absolute Gasteiger partial charge is 0.358 e. The van der Waals surface area contributed by atoms with Crippen LogP contribution < -0.4 is 0 Å². The van der Waals surface area contributed by atoms with Gasteiger partial charge in [0.25, 0.3) is 0 Å². The Balaban J connectivity index is 1.85. The number of aromatic nitrogens is 2. The molecule has 0 spiro atoms. The highest BCUT2D eigenvalue weighted by Crippen LogP contribution is 2.17. The molecular weight excluding hydrogens is 256 g/mol. The van der Waals surface area contributed by atoms with Gasteiger partial charge in [-0.05, 0) is 37.7 Å². The van der Waals surface area contributed by atoms with Crippen molar-refractivity contribution in [2.45, 2.75) is 45.6 Å². The van der Waals surface area contributed by atoms with Crippen LogP contribution in [0.5, 0.6) is 0 Å². The Bertz CT molecular complexity index is 421. The van der Waals surface area contributed by atoms with Gasteiger partial charge in [0.15, 0.2) is 5.69 Å². The molecule has 0 atom stereocenters. The number of nitrogens with zero attached hydrogens (tertiary/aromatic N) is 2. The number of ether oxygens (including phenoxy) is 2. The third kappa shape index (κ3) is 3.82. The maximum Gasteiger partial charge on any atom is 0.358 e. The topological polar surface area (TPSA) is 53.4 Å². The number of esters is 1. The van der Waals surface area contributed by atoms with E-state index in [0.717, 1.165) is 38.9 Å². The number of rotatable bonds is 6. The molecule has 1 fully saturated rings. The molecule has 0 aromatic carbocycles. The Labute approximate surface area is 120 Å². The lowest BCUT2D eigenvalue weighted by atomic mass is 10.0. The number of carbonyl (C=O) groups excluding carboxylic acids is 1. The van der Waals surface area contributed by atoms with E-state index in [1.54, 1.807) is 6.07 Å². The summed E-state index contributed by atoms with van der Waals surface area (Å²) in [6.07, 6.45) is 5.82. The first-order valence-corrected chi connectivity index (χ1v) is 7.54. The zero-order valence-corrected chi connectivity index (χ0v) is 12.4. The number of hydrogen-bond acceptors (Lipinski definition) is 4. The minimum Gasteiger partial charge on any atom is -0.461 e. The molecule has 0 unspecified atom stereocenters. The fourth-order valence-electron chi connectivity index (χ4n) is 2.49. The van der Waals surface area contributed by atoms with Crippen molar-refractivity contribution in [3.8, 4) is 0 Å². The van der Waals surface area contributed by atoms with Crippen molar-refractivity contribution >= 4 is 5.97 Å². The van der Waals surface area contributed by atoms with Crippen molar-refractivity contribution in [1.29, 1.82) is 0 Å². The molecule has 0 bridgehead atoms. The molecule has 0 aliphatic carbocycles. The quantitative estimate of drug-likeness (QED) is 0.752. The van der Waals surface area contributed by atoms with Crippen molar-refractivity contribution in [3.63, 3.8) is 0 Å². The fraction of sp³-hybridized carbons (Fsp3) is 0.733. The van der Waals surface area contributed by atoms with Crippen LogP contribution in [0.2, 0.25) is 0 Å². The molecule has 1 aromatic rings. The predicted molar refractivity (Wildman–Crippen MR) is 75.7 cm³/mol. The second-order valence-corrected chi connectivity index (χ2v) is 5.31. The molecule has 2 rings (SSSR count). The van der Waals surface area contributed by atoms with Crippen LogP contribution >= 0.6 is 0 Å². The van der Waals surface area contributed by atoms with Crippen molar-refractivity contribution in [3.05, 3.63) is 18.0 Å². The van der Waals surface area contributed by atoms with Crippen LogP contribution in [-0.2, 0) is 9.47 Å². The lowest BCUT2D eigenvalue weighted by Crippen LogP contribution is -2.22. The van der Waals surface area contributed by atoms with Gasteiger partial charge in [0.2, 0.25) is 0 Å². The van der Waals surface area contributed by atoms with Crippen LogP contribution in [0.1, 0.15) is 56.1 Å². The molecule has 20 heavy (non-hydrogen) atoms. The van der Waals surface area contributed by atoms with E-state index in [4.69, 9.17) is 9.47 Å².